The van der Waals surface area contributed by atoms with Gasteiger partial charge in [0.05, 0.1) is 38.6 Å². The average Bonchev–Trinajstić information content (AvgIpc) is 0.883. The Kier molecular flexibility index (Phi) is 49.1. The van der Waals surface area contributed by atoms with Crippen LogP contribution in [0, 0.1) is 0 Å². The molecule has 1 amide bonds. The van der Waals surface area contributed by atoms with Crippen LogP contribution < -0.4 is 5.32 Å². The summed E-state index contributed by atoms with van der Waals surface area (Å²) in [5.41, 5.74) is 0. The van der Waals surface area contributed by atoms with Gasteiger partial charge in [-0.2, -0.15) is 0 Å². The van der Waals surface area contributed by atoms with Gasteiger partial charge < -0.3 is 89.9 Å². The summed E-state index contributed by atoms with van der Waals surface area (Å²) in [6.45, 7) is 1.62. The van der Waals surface area contributed by atoms with Crippen LogP contribution in [0.4, 0.5) is 0 Å². The normalized spacial score (nSPS) is 28.1. The van der Waals surface area contributed by atoms with Crippen molar-refractivity contribution in [1.82, 2.24) is 5.32 Å². The van der Waals surface area contributed by atoms with E-state index in [-0.39, 0.29) is 18.9 Å². The van der Waals surface area contributed by atoms with E-state index >= 15 is 0 Å². The Morgan fingerprint density at radius 1 is 0.407 bits per heavy atom. The molecule has 3 aliphatic heterocycles. The van der Waals surface area contributed by atoms with Crippen LogP contribution in [0.2, 0.25) is 0 Å². The van der Waals surface area contributed by atoms with Crippen molar-refractivity contribution in [3.05, 3.63) is 48.6 Å². The van der Waals surface area contributed by atoms with E-state index in [0.717, 1.165) is 77.0 Å². The van der Waals surface area contributed by atoms with Gasteiger partial charge in [-0.15, -0.1) is 0 Å². The highest BCUT2D eigenvalue weighted by atomic mass is 16.8. The van der Waals surface area contributed by atoms with Crippen LogP contribution in [-0.2, 0) is 33.2 Å². The Hall–Kier alpha value is -2.25. The maximum atomic E-state index is 13.4. The second-order valence-corrected chi connectivity index (χ2v) is 26.0. The number of hydrogen-bond acceptors (Lipinski definition) is 18. The third-order valence-corrected chi connectivity index (χ3v) is 18.1. The Bertz CT molecular complexity index is 1840. The van der Waals surface area contributed by atoms with Gasteiger partial charge in [-0.1, -0.05) is 262 Å². The smallest absolute Gasteiger partial charge is 0.220 e. The van der Waals surface area contributed by atoms with Gasteiger partial charge in [-0.25, -0.2) is 0 Å². The molecule has 0 saturated carbocycles. The molecule has 19 heteroatoms. The van der Waals surface area contributed by atoms with Crippen molar-refractivity contribution in [2.45, 2.75) is 375 Å². The van der Waals surface area contributed by atoms with E-state index in [0.29, 0.717) is 6.42 Å². The van der Waals surface area contributed by atoms with Crippen molar-refractivity contribution in [2.24, 2.45) is 0 Å². The average molecular weight is 1300 g/mol. The number of carbonyl (C=O) groups excluding carboxylic acids is 1. The third kappa shape index (κ3) is 35.5. The van der Waals surface area contributed by atoms with Crippen molar-refractivity contribution >= 4 is 5.91 Å². The largest absolute Gasteiger partial charge is 0.394 e. The molecule has 0 spiro atoms. The molecule has 91 heavy (non-hydrogen) atoms. The number of ether oxygens (including phenoxy) is 6. The monoisotopic (exact) mass is 1300 g/mol. The first-order valence-electron chi connectivity index (χ1n) is 36.4. The molecule has 0 aliphatic carbocycles. The van der Waals surface area contributed by atoms with E-state index in [4.69, 9.17) is 28.4 Å². The molecule has 17 atom stereocenters. The van der Waals surface area contributed by atoms with Gasteiger partial charge >= 0.3 is 0 Å². The van der Waals surface area contributed by atoms with Gasteiger partial charge in [0.1, 0.15) is 73.2 Å². The fourth-order valence-electron chi connectivity index (χ4n) is 12.3. The number of amides is 1. The lowest BCUT2D eigenvalue weighted by atomic mass is 9.96. The number of nitrogens with one attached hydrogen (secondary N) is 1. The molecule has 3 heterocycles. The molecule has 3 rings (SSSR count). The van der Waals surface area contributed by atoms with Crippen LogP contribution in [0.25, 0.3) is 0 Å². The van der Waals surface area contributed by atoms with E-state index in [2.05, 4.69) is 55.6 Å². The van der Waals surface area contributed by atoms with Crippen molar-refractivity contribution < 1.29 is 89.4 Å². The summed E-state index contributed by atoms with van der Waals surface area (Å²) in [4.78, 5) is 13.4. The zero-order valence-electron chi connectivity index (χ0n) is 56.3. The SMILES string of the molecule is CC/C=C\C/C=C\C/C=C\CCCCCCCC(=O)NC(COC1OC(CO)C(OC2OC(CO)C(OC3OC(CO)C(O)C(O)C3O)C(O)C2O)C(O)C1O)C(O)/C=C/CCCCCCCCCCCCCCCCCCCCCCCCCCCCCCC. The lowest BCUT2D eigenvalue weighted by Gasteiger charge is -2.48. The van der Waals surface area contributed by atoms with E-state index in [1.807, 2.05) is 6.08 Å². The van der Waals surface area contributed by atoms with Gasteiger partial charge in [0.2, 0.25) is 5.91 Å². The zero-order chi connectivity index (χ0) is 66.1. The molecule has 0 aromatic rings. The Morgan fingerprint density at radius 2 is 0.758 bits per heavy atom. The maximum absolute atomic E-state index is 13.4. The topological polar surface area (TPSA) is 307 Å². The molecule has 0 bridgehead atoms. The fourth-order valence-corrected chi connectivity index (χ4v) is 12.3. The summed E-state index contributed by atoms with van der Waals surface area (Å²) >= 11 is 0. The van der Waals surface area contributed by atoms with Crippen molar-refractivity contribution in [3.8, 4) is 0 Å². The van der Waals surface area contributed by atoms with Gasteiger partial charge in [0.25, 0.3) is 0 Å². The van der Waals surface area contributed by atoms with E-state index in [1.54, 1.807) is 6.08 Å². The van der Waals surface area contributed by atoms with Gasteiger partial charge in [-0.3, -0.25) is 4.79 Å². The number of unbranched alkanes of at least 4 members (excludes halogenated alkanes) is 34. The quantitative estimate of drug-likeness (QED) is 0.0199. The minimum absolute atomic E-state index is 0.223. The molecular weight excluding hydrogens is 1170 g/mol. The molecule has 17 unspecified atom stereocenters. The Morgan fingerprint density at radius 3 is 1.19 bits per heavy atom. The molecule has 19 nitrogen and oxygen atoms in total. The number of aliphatic hydroxyl groups excluding tert-OH is 11. The minimum atomic E-state index is -1.98. The molecule has 0 aromatic carbocycles. The molecular formula is C72H131NO18. The molecule has 3 saturated heterocycles. The van der Waals surface area contributed by atoms with E-state index in [9.17, 15) is 61.0 Å². The van der Waals surface area contributed by atoms with E-state index in [1.165, 1.54) is 167 Å². The van der Waals surface area contributed by atoms with Gasteiger partial charge in [-0.05, 0) is 51.4 Å². The van der Waals surface area contributed by atoms with Gasteiger partial charge in [0, 0.05) is 6.42 Å². The summed E-state index contributed by atoms with van der Waals surface area (Å²) < 4.78 is 34.3. The lowest BCUT2D eigenvalue weighted by molar-refractivity contribution is -0.379. The second-order valence-electron chi connectivity index (χ2n) is 26.0. The van der Waals surface area contributed by atoms with Crippen LogP contribution in [0.3, 0.4) is 0 Å². The summed E-state index contributed by atoms with van der Waals surface area (Å²) in [5, 5.41) is 121. The summed E-state index contributed by atoms with van der Waals surface area (Å²) in [7, 11) is 0. The maximum Gasteiger partial charge on any atom is 0.220 e. The number of aliphatic hydroxyl groups is 11. The standard InChI is InChI=1S/C72H131NO18/c1-3-5-7-9-11-13-15-17-19-20-21-22-23-24-25-26-27-28-29-30-31-32-33-34-36-37-39-41-43-45-47-49-56(77)55(73-60(78)50-48-46-44-42-40-38-35-18-16-14-12-10-8-6-4-2)54-86-70-66(84)63(81)68(58(52-75)88-70)91-72-67(85)64(82)69(59(53-76)89-72)90-71-65(83)62(80)61(79)57(51-74)87-71/h6,8,12,14,18,35,47,49,55-59,61-72,74-77,79-85H,3-5,7,9-11,13,15-17,19-34,36-46,48,50-54H2,1-2H3,(H,73,78)/b8-6-,14-12-,35-18-,49-47+. The highest BCUT2D eigenvalue weighted by molar-refractivity contribution is 5.76. The van der Waals surface area contributed by atoms with Crippen LogP contribution >= 0.6 is 0 Å². The number of allylic oxidation sites excluding steroid dienone is 7. The first-order chi connectivity index (χ1) is 44.3. The predicted octanol–water partition coefficient (Wildman–Crippen LogP) is 10.2. The minimum Gasteiger partial charge on any atom is -0.394 e. The molecule has 12 N–H and O–H groups in total. The number of hydrogen-bond donors (Lipinski definition) is 12. The first-order valence-corrected chi connectivity index (χ1v) is 36.4. The predicted molar refractivity (Wildman–Crippen MR) is 356 cm³/mol. The fraction of sp³-hybridized carbons (Fsp3) is 0.875. The summed E-state index contributed by atoms with van der Waals surface area (Å²) in [5.74, 6) is -0.291. The van der Waals surface area contributed by atoms with Crippen molar-refractivity contribution in [3.63, 3.8) is 0 Å². The summed E-state index contributed by atoms with van der Waals surface area (Å²) in [6.07, 6.45) is 38.3. The summed E-state index contributed by atoms with van der Waals surface area (Å²) in [6, 6.07) is -0.984. The van der Waals surface area contributed by atoms with Gasteiger partial charge in [0.15, 0.2) is 18.9 Å². The van der Waals surface area contributed by atoms with Crippen LogP contribution in [0.15, 0.2) is 48.6 Å². The molecule has 0 aromatic heterocycles. The molecule has 532 valence electrons. The van der Waals surface area contributed by atoms with Crippen LogP contribution in [-0.4, -0.2) is 193 Å². The number of carbonyl (C=O) groups is 1. The second kappa shape index (κ2) is 53.8. The molecule has 3 aliphatic rings. The number of rotatable bonds is 56. The van der Waals surface area contributed by atoms with E-state index < -0.39 is 124 Å². The molecule has 3 fully saturated rings. The first kappa shape index (κ1) is 83.0. The van der Waals surface area contributed by atoms with Crippen molar-refractivity contribution in [2.75, 3.05) is 26.4 Å². The Balaban J connectivity index is 1.39. The highest BCUT2D eigenvalue weighted by Gasteiger charge is 2.53. The van der Waals surface area contributed by atoms with Crippen molar-refractivity contribution in [1.29, 1.82) is 0 Å². The molecule has 0 radical (unpaired) electrons. The van der Waals surface area contributed by atoms with Crippen LogP contribution in [0.1, 0.15) is 271 Å². The zero-order valence-corrected chi connectivity index (χ0v) is 56.3. The lowest BCUT2D eigenvalue weighted by Crippen LogP contribution is -2.66. The van der Waals surface area contributed by atoms with Crippen LogP contribution in [0.5, 0.6) is 0 Å². The Labute approximate surface area is 548 Å². The highest BCUT2D eigenvalue weighted by Crippen LogP contribution is 2.33. The third-order valence-electron chi connectivity index (χ3n) is 18.1.